The monoisotopic (exact) mass is 458 g/mol. The van der Waals surface area contributed by atoms with Gasteiger partial charge in [-0.1, -0.05) is 12.1 Å². The maximum absolute atomic E-state index is 12.8. The molecule has 0 aliphatic rings. The molecular weight excluding hydrogens is 434 g/mol. The number of halogens is 2. The van der Waals surface area contributed by atoms with E-state index in [1.807, 2.05) is 0 Å². The van der Waals surface area contributed by atoms with Crippen LogP contribution in [0, 0.1) is 5.82 Å². The lowest BCUT2D eigenvalue weighted by molar-refractivity contribution is 0.579. The maximum atomic E-state index is 12.8. The Bertz CT molecular complexity index is 579. The molecule has 0 saturated carbocycles. The number of benzene rings is 1. The summed E-state index contributed by atoms with van der Waals surface area (Å²) in [4.78, 5) is 4.06. The van der Waals surface area contributed by atoms with Gasteiger partial charge in [-0.3, -0.25) is 4.99 Å². The highest BCUT2D eigenvalue weighted by molar-refractivity contribution is 14.0. The van der Waals surface area contributed by atoms with E-state index in [0.717, 1.165) is 5.56 Å². The van der Waals surface area contributed by atoms with Crippen LogP contribution in [-0.4, -0.2) is 40.3 Å². The highest BCUT2D eigenvalue weighted by Crippen LogP contribution is 2.01. The Morgan fingerprint density at radius 2 is 1.83 bits per heavy atom. The smallest absolute Gasteiger partial charge is 0.211 e. The molecule has 0 spiro atoms. The van der Waals surface area contributed by atoms with Crippen LogP contribution in [0.15, 0.2) is 29.3 Å². The van der Waals surface area contributed by atoms with Gasteiger partial charge in [0.05, 0.1) is 5.75 Å². The zero-order chi connectivity index (χ0) is 16.4. The summed E-state index contributed by atoms with van der Waals surface area (Å²) in [5.41, 5.74) is 0.944. The molecule has 132 valence electrons. The van der Waals surface area contributed by atoms with E-state index >= 15 is 0 Å². The summed E-state index contributed by atoms with van der Waals surface area (Å²) in [7, 11) is -1.48. The third-order valence-corrected chi connectivity index (χ3v) is 4.35. The van der Waals surface area contributed by atoms with Crippen molar-refractivity contribution in [1.82, 2.24) is 15.4 Å². The Hall–Kier alpha value is -0.940. The first-order valence-corrected chi connectivity index (χ1v) is 8.78. The molecule has 9 heteroatoms. The molecule has 0 heterocycles. The summed E-state index contributed by atoms with van der Waals surface area (Å²) >= 11 is 0. The van der Waals surface area contributed by atoms with Gasteiger partial charge >= 0.3 is 0 Å². The van der Waals surface area contributed by atoms with Gasteiger partial charge in [0.1, 0.15) is 5.82 Å². The quantitative estimate of drug-likeness (QED) is 0.238. The van der Waals surface area contributed by atoms with Crippen LogP contribution in [0.5, 0.6) is 0 Å². The Morgan fingerprint density at radius 1 is 1.17 bits per heavy atom. The van der Waals surface area contributed by atoms with Crippen molar-refractivity contribution < 1.29 is 12.8 Å². The van der Waals surface area contributed by atoms with E-state index in [1.54, 1.807) is 26.1 Å². The maximum Gasteiger partial charge on any atom is 0.211 e. The van der Waals surface area contributed by atoms with Gasteiger partial charge in [0.25, 0.3) is 0 Å². The fourth-order valence-electron chi connectivity index (χ4n) is 1.63. The average Bonchev–Trinajstić information content (AvgIpc) is 2.51. The highest BCUT2D eigenvalue weighted by atomic mass is 127. The number of aliphatic imine (C=N–C) groups is 1. The lowest BCUT2D eigenvalue weighted by Gasteiger charge is -2.12. The van der Waals surface area contributed by atoms with Crippen LogP contribution < -0.4 is 15.4 Å². The van der Waals surface area contributed by atoms with Crippen LogP contribution in [0.4, 0.5) is 4.39 Å². The first-order valence-electron chi connectivity index (χ1n) is 7.13. The minimum atomic E-state index is -3.13. The summed E-state index contributed by atoms with van der Waals surface area (Å²) in [6.45, 7) is 3.11. The molecule has 3 N–H and O–H groups in total. The van der Waals surface area contributed by atoms with E-state index in [0.29, 0.717) is 32.0 Å². The molecule has 0 saturated heterocycles. The second-order valence-electron chi connectivity index (χ2n) is 4.63. The third kappa shape index (κ3) is 9.72. The Balaban J connectivity index is 0.00000484. The molecule has 0 aliphatic heterocycles. The second-order valence-corrected chi connectivity index (χ2v) is 6.73. The van der Waals surface area contributed by atoms with E-state index in [1.165, 1.54) is 12.1 Å². The molecule has 1 aromatic rings. The van der Waals surface area contributed by atoms with Crippen LogP contribution in [0.3, 0.4) is 0 Å². The summed E-state index contributed by atoms with van der Waals surface area (Å²) in [6.07, 6.45) is 0.649. The molecule has 6 nitrogen and oxygen atoms in total. The molecule has 0 unspecified atom stereocenters. The van der Waals surface area contributed by atoms with Crippen molar-refractivity contribution in [3.63, 3.8) is 0 Å². The molecule has 0 bridgehead atoms. The molecule has 0 aliphatic carbocycles. The number of nitrogens with zero attached hydrogens (tertiary/aromatic N) is 1. The number of guanidine groups is 1. The molecule has 0 amide bonds. The van der Waals surface area contributed by atoms with Crippen LogP contribution in [0.1, 0.15) is 18.9 Å². The number of hydrogen-bond acceptors (Lipinski definition) is 3. The van der Waals surface area contributed by atoms with Crippen molar-refractivity contribution in [3.8, 4) is 0 Å². The number of hydrogen-bond donors (Lipinski definition) is 3. The van der Waals surface area contributed by atoms with Gasteiger partial charge in [-0.05, 0) is 31.0 Å². The van der Waals surface area contributed by atoms with Crippen molar-refractivity contribution in [3.05, 3.63) is 35.6 Å². The fraction of sp³-hybridized carbons (Fsp3) is 0.500. The topological polar surface area (TPSA) is 82.6 Å². The van der Waals surface area contributed by atoms with Crippen molar-refractivity contribution in [1.29, 1.82) is 0 Å². The zero-order valence-electron chi connectivity index (χ0n) is 13.3. The minimum absolute atomic E-state index is 0. The van der Waals surface area contributed by atoms with E-state index < -0.39 is 10.0 Å². The first-order chi connectivity index (χ1) is 10.5. The second kappa shape index (κ2) is 11.6. The standard InChI is InChI=1S/C14H23FN4O2S.HI/c1-3-22(20,21)19-10-4-9-17-14(16-2)18-11-12-5-7-13(15)8-6-12;/h5-8,19H,3-4,9-11H2,1-2H3,(H2,16,17,18);1H. The fourth-order valence-corrected chi connectivity index (χ4v) is 2.29. The van der Waals surface area contributed by atoms with Crippen LogP contribution >= 0.6 is 24.0 Å². The SMILES string of the molecule is CCS(=O)(=O)NCCCNC(=NC)NCc1ccc(F)cc1.I. The van der Waals surface area contributed by atoms with E-state index in [4.69, 9.17) is 0 Å². The van der Waals surface area contributed by atoms with Crippen molar-refractivity contribution >= 4 is 40.0 Å². The van der Waals surface area contributed by atoms with E-state index in [9.17, 15) is 12.8 Å². The van der Waals surface area contributed by atoms with E-state index in [-0.39, 0.29) is 35.5 Å². The number of rotatable bonds is 8. The molecule has 0 aromatic heterocycles. The summed E-state index contributed by atoms with van der Waals surface area (Å²) in [5.74, 6) is 0.435. The average molecular weight is 458 g/mol. The minimum Gasteiger partial charge on any atom is -0.356 e. The Kier molecular flexibility index (Phi) is 11.1. The molecule has 0 radical (unpaired) electrons. The van der Waals surface area contributed by atoms with Crippen LogP contribution in [0.25, 0.3) is 0 Å². The van der Waals surface area contributed by atoms with Crippen molar-refractivity contribution in [2.24, 2.45) is 4.99 Å². The molecule has 1 rings (SSSR count). The van der Waals surface area contributed by atoms with Gasteiger partial charge in [-0.2, -0.15) is 0 Å². The predicted molar refractivity (Wildman–Crippen MR) is 102 cm³/mol. The molecule has 1 aromatic carbocycles. The lowest BCUT2D eigenvalue weighted by Crippen LogP contribution is -2.38. The first kappa shape index (κ1) is 22.1. The summed E-state index contributed by atoms with van der Waals surface area (Å²) in [5, 5.41) is 6.19. The van der Waals surface area contributed by atoms with Gasteiger partial charge < -0.3 is 10.6 Å². The zero-order valence-corrected chi connectivity index (χ0v) is 16.4. The van der Waals surface area contributed by atoms with Crippen LogP contribution in [0.2, 0.25) is 0 Å². The largest absolute Gasteiger partial charge is 0.356 e. The van der Waals surface area contributed by atoms with Gasteiger partial charge in [0.2, 0.25) is 10.0 Å². The van der Waals surface area contributed by atoms with Crippen LogP contribution in [-0.2, 0) is 16.6 Å². The third-order valence-electron chi connectivity index (χ3n) is 2.94. The normalized spacial score (nSPS) is 11.7. The predicted octanol–water partition coefficient (Wildman–Crippen LogP) is 1.44. The van der Waals surface area contributed by atoms with E-state index in [2.05, 4.69) is 20.3 Å². The van der Waals surface area contributed by atoms with Gasteiger partial charge in [-0.25, -0.2) is 17.5 Å². The lowest BCUT2D eigenvalue weighted by atomic mass is 10.2. The Morgan fingerprint density at radius 3 is 2.39 bits per heavy atom. The molecule has 0 atom stereocenters. The van der Waals surface area contributed by atoms with Gasteiger partial charge in [-0.15, -0.1) is 24.0 Å². The summed E-state index contributed by atoms with van der Waals surface area (Å²) < 4.78 is 37.8. The Labute approximate surface area is 154 Å². The molecular formula is C14H24FIN4O2S. The van der Waals surface area contributed by atoms with Crippen molar-refractivity contribution in [2.75, 3.05) is 25.9 Å². The van der Waals surface area contributed by atoms with Crippen molar-refractivity contribution in [2.45, 2.75) is 19.9 Å². The molecule has 23 heavy (non-hydrogen) atoms. The number of nitrogens with one attached hydrogen (secondary N) is 3. The van der Waals surface area contributed by atoms with Gasteiger partial charge in [0.15, 0.2) is 5.96 Å². The molecule has 0 fully saturated rings. The number of sulfonamides is 1. The van der Waals surface area contributed by atoms with Gasteiger partial charge in [0, 0.05) is 26.7 Å². The summed E-state index contributed by atoms with van der Waals surface area (Å²) in [6, 6.07) is 6.23. The highest BCUT2D eigenvalue weighted by Gasteiger charge is 2.04.